The summed E-state index contributed by atoms with van der Waals surface area (Å²) < 4.78 is 10.2. The van der Waals surface area contributed by atoms with Gasteiger partial charge in [0, 0.05) is 43.6 Å². The molecule has 0 spiro atoms. The number of methoxy groups -OCH3 is 1. The molecule has 0 N–H and O–H groups in total. The van der Waals surface area contributed by atoms with Crippen LogP contribution in [0.1, 0.15) is 41.8 Å². The fourth-order valence-electron chi connectivity index (χ4n) is 2.95. The second kappa shape index (κ2) is 6.45. The van der Waals surface area contributed by atoms with Crippen LogP contribution < -0.4 is 0 Å². The van der Waals surface area contributed by atoms with Crippen LogP contribution in [0.2, 0.25) is 0 Å². The van der Waals surface area contributed by atoms with Crippen LogP contribution in [0, 0.1) is 0 Å². The first-order chi connectivity index (χ1) is 11.1. The van der Waals surface area contributed by atoms with Crippen molar-refractivity contribution in [2.45, 2.75) is 31.8 Å². The van der Waals surface area contributed by atoms with Gasteiger partial charge in [0.2, 0.25) is 0 Å². The number of hydrogen-bond donors (Lipinski definition) is 0. The molecule has 2 aromatic heterocycles. The summed E-state index contributed by atoms with van der Waals surface area (Å²) >= 11 is 0. The summed E-state index contributed by atoms with van der Waals surface area (Å²) in [6, 6.07) is 3.47. The number of nitrogens with zero attached hydrogens (tertiary/aromatic N) is 4. The molecule has 1 fully saturated rings. The van der Waals surface area contributed by atoms with E-state index in [0.717, 1.165) is 19.4 Å². The number of piperidine rings is 1. The van der Waals surface area contributed by atoms with Crippen molar-refractivity contribution in [3.05, 3.63) is 41.8 Å². The number of ether oxygens (including phenoxy) is 1. The molecule has 0 bridgehead atoms. The Balaban J connectivity index is 1.77. The molecule has 1 amide bonds. The molecule has 1 saturated heterocycles. The van der Waals surface area contributed by atoms with E-state index in [9.17, 15) is 4.79 Å². The van der Waals surface area contributed by atoms with E-state index in [-0.39, 0.29) is 11.3 Å². The minimum Gasteiger partial charge on any atom is -0.375 e. The number of carbonyl (C=O) groups excluding carboxylic acids is 1. The van der Waals surface area contributed by atoms with Crippen molar-refractivity contribution >= 4 is 5.91 Å². The first kappa shape index (κ1) is 15.6. The van der Waals surface area contributed by atoms with Crippen molar-refractivity contribution in [1.82, 2.24) is 20.0 Å². The summed E-state index contributed by atoms with van der Waals surface area (Å²) in [6.07, 6.45) is 5.08. The SMILES string of the molecule is COCc1nc(C2(C)CCCN(C(=O)c3ccncc3)C2)no1. The minimum absolute atomic E-state index is 0.0129. The van der Waals surface area contributed by atoms with Gasteiger partial charge in [0.15, 0.2) is 5.82 Å². The maximum absolute atomic E-state index is 12.6. The Morgan fingerprint density at radius 2 is 2.22 bits per heavy atom. The first-order valence-electron chi connectivity index (χ1n) is 7.64. The molecule has 0 radical (unpaired) electrons. The number of hydrogen-bond acceptors (Lipinski definition) is 6. The van der Waals surface area contributed by atoms with Gasteiger partial charge in [-0.3, -0.25) is 9.78 Å². The van der Waals surface area contributed by atoms with Gasteiger partial charge in [-0.1, -0.05) is 12.1 Å². The maximum atomic E-state index is 12.6. The second-order valence-corrected chi connectivity index (χ2v) is 6.07. The zero-order valence-electron chi connectivity index (χ0n) is 13.4. The number of pyridine rings is 1. The molecule has 122 valence electrons. The minimum atomic E-state index is -0.309. The molecule has 1 unspecified atom stereocenters. The Morgan fingerprint density at radius 1 is 1.43 bits per heavy atom. The average molecular weight is 316 g/mol. The van der Waals surface area contributed by atoms with Crippen LogP contribution in [0.25, 0.3) is 0 Å². The Hall–Kier alpha value is -2.28. The summed E-state index contributed by atoms with van der Waals surface area (Å²) in [4.78, 5) is 22.9. The number of likely N-dealkylation sites (tertiary alicyclic amines) is 1. The molecule has 0 saturated carbocycles. The first-order valence-corrected chi connectivity index (χ1v) is 7.64. The molecule has 7 heteroatoms. The summed E-state index contributed by atoms with van der Waals surface area (Å²) in [5.41, 5.74) is 0.341. The summed E-state index contributed by atoms with van der Waals surface area (Å²) in [5.74, 6) is 1.11. The molecule has 23 heavy (non-hydrogen) atoms. The third-order valence-corrected chi connectivity index (χ3v) is 4.19. The molecule has 0 aliphatic carbocycles. The predicted octanol–water partition coefficient (Wildman–Crippen LogP) is 1.80. The smallest absolute Gasteiger partial charge is 0.253 e. The third-order valence-electron chi connectivity index (χ3n) is 4.19. The molecule has 2 aromatic rings. The van der Waals surface area contributed by atoms with Gasteiger partial charge in [0.1, 0.15) is 6.61 Å². The maximum Gasteiger partial charge on any atom is 0.253 e. The molecule has 3 heterocycles. The predicted molar refractivity (Wildman–Crippen MR) is 81.7 cm³/mol. The molecule has 1 aliphatic rings. The normalized spacial score (nSPS) is 21.4. The van der Waals surface area contributed by atoms with E-state index in [0.29, 0.717) is 30.4 Å². The van der Waals surface area contributed by atoms with E-state index < -0.39 is 0 Å². The lowest BCUT2D eigenvalue weighted by Gasteiger charge is -2.38. The topological polar surface area (TPSA) is 81.4 Å². The molecule has 1 aliphatic heterocycles. The Kier molecular flexibility index (Phi) is 4.38. The van der Waals surface area contributed by atoms with E-state index >= 15 is 0 Å². The van der Waals surface area contributed by atoms with Crippen LogP contribution in [-0.4, -0.2) is 46.1 Å². The number of rotatable bonds is 4. The highest BCUT2D eigenvalue weighted by Gasteiger charge is 2.38. The highest BCUT2D eigenvalue weighted by Crippen LogP contribution is 2.32. The third kappa shape index (κ3) is 3.24. The van der Waals surface area contributed by atoms with E-state index in [1.807, 2.05) is 4.90 Å². The highest BCUT2D eigenvalue weighted by atomic mass is 16.5. The van der Waals surface area contributed by atoms with E-state index in [2.05, 4.69) is 22.0 Å². The van der Waals surface area contributed by atoms with Crippen molar-refractivity contribution in [3.8, 4) is 0 Å². The molecular formula is C16H20N4O3. The number of carbonyl (C=O) groups is 1. The van der Waals surface area contributed by atoms with Gasteiger partial charge in [-0.05, 0) is 25.0 Å². The van der Waals surface area contributed by atoms with E-state index in [4.69, 9.17) is 9.26 Å². The zero-order chi connectivity index (χ0) is 16.3. The lowest BCUT2D eigenvalue weighted by atomic mass is 9.81. The van der Waals surface area contributed by atoms with E-state index in [1.165, 1.54) is 0 Å². The van der Waals surface area contributed by atoms with E-state index in [1.54, 1.807) is 31.6 Å². The van der Waals surface area contributed by atoms with Crippen molar-refractivity contribution in [3.63, 3.8) is 0 Å². The summed E-state index contributed by atoms with van der Waals surface area (Å²) in [7, 11) is 1.58. The van der Waals surface area contributed by atoms with Crippen molar-refractivity contribution < 1.29 is 14.1 Å². The zero-order valence-corrected chi connectivity index (χ0v) is 13.4. The standard InChI is InChI=1S/C16H20N4O3/c1-16(15-18-13(10-22-2)23-19-15)6-3-9-20(11-16)14(21)12-4-7-17-8-5-12/h4-5,7-8H,3,6,9-11H2,1-2H3. The van der Waals surface area contributed by atoms with Gasteiger partial charge in [0.05, 0.1) is 0 Å². The van der Waals surface area contributed by atoms with Crippen LogP contribution in [0.3, 0.4) is 0 Å². The lowest BCUT2D eigenvalue weighted by Crippen LogP contribution is -2.47. The fourth-order valence-corrected chi connectivity index (χ4v) is 2.95. The monoisotopic (exact) mass is 316 g/mol. The molecule has 1 atom stereocenters. The van der Waals surface area contributed by atoms with Gasteiger partial charge in [0.25, 0.3) is 11.8 Å². The van der Waals surface area contributed by atoms with Crippen molar-refractivity contribution in [2.24, 2.45) is 0 Å². The van der Waals surface area contributed by atoms with Crippen LogP contribution >= 0.6 is 0 Å². The van der Waals surface area contributed by atoms with Gasteiger partial charge in [-0.25, -0.2) is 0 Å². The Labute approximate surface area is 134 Å². The van der Waals surface area contributed by atoms with Crippen LogP contribution in [0.4, 0.5) is 0 Å². The molecular weight excluding hydrogens is 296 g/mol. The lowest BCUT2D eigenvalue weighted by molar-refractivity contribution is 0.0641. The highest BCUT2D eigenvalue weighted by molar-refractivity contribution is 5.94. The van der Waals surface area contributed by atoms with Crippen LogP contribution in [0.5, 0.6) is 0 Å². The van der Waals surface area contributed by atoms with Gasteiger partial charge in [-0.2, -0.15) is 4.98 Å². The molecule has 7 nitrogen and oxygen atoms in total. The Morgan fingerprint density at radius 3 is 2.96 bits per heavy atom. The average Bonchev–Trinajstić information content (AvgIpc) is 3.05. The van der Waals surface area contributed by atoms with Gasteiger partial charge in [-0.15, -0.1) is 0 Å². The van der Waals surface area contributed by atoms with Gasteiger partial charge < -0.3 is 14.2 Å². The van der Waals surface area contributed by atoms with Crippen molar-refractivity contribution in [1.29, 1.82) is 0 Å². The van der Waals surface area contributed by atoms with Crippen LogP contribution in [-0.2, 0) is 16.8 Å². The largest absolute Gasteiger partial charge is 0.375 e. The van der Waals surface area contributed by atoms with Gasteiger partial charge >= 0.3 is 0 Å². The van der Waals surface area contributed by atoms with Crippen molar-refractivity contribution in [2.75, 3.05) is 20.2 Å². The second-order valence-electron chi connectivity index (χ2n) is 6.07. The summed E-state index contributed by atoms with van der Waals surface area (Å²) in [6.45, 7) is 3.67. The molecule has 0 aromatic carbocycles. The summed E-state index contributed by atoms with van der Waals surface area (Å²) in [5, 5.41) is 4.08. The molecule has 3 rings (SSSR count). The Bertz CT molecular complexity index is 673. The fraction of sp³-hybridized carbons (Fsp3) is 0.500. The number of amides is 1. The number of aromatic nitrogens is 3. The quantitative estimate of drug-likeness (QED) is 0.855. The van der Waals surface area contributed by atoms with Crippen LogP contribution in [0.15, 0.2) is 29.0 Å².